The molecule has 100 valence electrons. The smallest absolute Gasteiger partial charge is 0.326 e. The quantitative estimate of drug-likeness (QED) is 0.395. The zero-order valence-electron chi connectivity index (χ0n) is 9.75. The van der Waals surface area contributed by atoms with Gasteiger partial charge < -0.3 is 25.8 Å². The Morgan fingerprint density at radius 3 is 2.41 bits per heavy atom. The van der Waals surface area contributed by atoms with Crippen molar-refractivity contribution in [3.05, 3.63) is 0 Å². The lowest BCUT2D eigenvalue weighted by molar-refractivity contribution is -0.142. The highest BCUT2D eigenvalue weighted by molar-refractivity contribution is 7.90. The highest BCUT2D eigenvalue weighted by Crippen LogP contribution is 1.99. The zero-order chi connectivity index (χ0) is 13.6. The molecule has 4 atom stereocenters. The highest BCUT2D eigenvalue weighted by atomic mass is 32.2. The van der Waals surface area contributed by atoms with Crippen LogP contribution in [0.1, 0.15) is 13.3 Å². The molecule has 0 aromatic carbocycles. The lowest BCUT2D eigenvalue weighted by Crippen LogP contribution is -2.52. The first-order valence-corrected chi connectivity index (χ1v) is 6.75. The molecule has 4 unspecified atom stereocenters. The van der Waals surface area contributed by atoms with Crippen molar-refractivity contribution in [2.75, 3.05) is 12.0 Å². The predicted octanol–water partition coefficient (Wildman–Crippen LogP) is -1.97. The maximum absolute atomic E-state index is 11.4. The summed E-state index contributed by atoms with van der Waals surface area (Å²) >= 11 is -1.13. The number of nitrogens with two attached hydrogens (primary N) is 1. The van der Waals surface area contributed by atoms with Crippen LogP contribution in [0.5, 0.6) is 0 Å². The van der Waals surface area contributed by atoms with Crippen LogP contribution in [0.15, 0.2) is 0 Å². The molecule has 0 aromatic rings. The predicted molar refractivity (Wildman–Crippen MR) is 62.8 cm³/mol. The third-order valence-electron chi connectivity index (χ3n) is 2.13. The maximum Gasteiger partial charge on any atom is 0.326 e. The Morgan fingerprint density at radius 2 is 2.06 bits per heavy atom. The number of nitrogens with one attached hydrogen (secondary N) is 1. The summed E-state index contributed by atoms with van der Waals surface area (Å²) in [6.45, 7) is 1.33. The first kappa shape index (κ1) is 16.2. The lowest BCUT2D eigenvalue weighted by atomic mass is 10.1. The molecule has 0 rings (SSSR count). The number of aliphatic hydroxyl groups is 1. The van der Waals surface area contributed by atoms with Crippen LogP contribution < -0.4 is 11.1 Å². The van der Waals surface area contributed by atoms with E-state index in [-0.39, 0.29) is 12.2 Å². The number of aliphatic hydroxyl groups excluding tert-OH is 1. The van der Waals surface area contributed by atoms with Crippen LogP contribution in [0.2, 0.25) is 0 Å². The summed E-state index contributed by atoms with van der Waals surface area (Å²) in [5.41, 5.74) is 5.35. The number of carbonyl (C=O) groups excluding carboxylic acids is 1. The third-order valence-corrected chi connectivity index (χ3v) is 2.94. The van der Waals surface area contributed by atoms with Crippen molar-refractivity contribution in [2.24, 2.45) is 5.73 Å². The van der Waals surface area contributed by atoms with E-state index in [0.717, 1.165) is 0 Å². The fourth-order valence-electron chi connectivity index (χ4n) is 1.03. The first-order valence-electron chi connectivity index (χ1n) is 5.02. The molecule has 0 heterocycles. The van der Waals surface area contributed by atoms with Crippen molar-refractivity contribution in [3.8, 4) is 0 Å². The fourth-order valence-corrected chi connectivity index (χ4v) is 1.60. The van der Waals surface area contributed by atoms with Gasteiger partial charge in [0.15, 0.2) is 0 Å². The van der Waals surface area contributed by atoms with Gasteiger partial charge in [-0.15, -0.1) is 0 Å². The van der Waals surface area contributed by atoms with Gasteiger partial charge in [0.1, 0.15) is 17.8 Å². The number of carboxylic acid groups (broad SMARTS) is 1. The Morgan fingerprint density at radius 1 is 1.53 bits per heavy atom. The van der Waals surface area contributed by atoms with Gasteiger partial charge in [0.05, 0.1) is 12.4 Å². The SMILES string of the molecule is CC(O)C(N)C(=O)NC(CC[S+](C)[O-])C(=O)O. The minimum absolute atomic E-state index is 0.0523. The fraction of sp³-hybridized carbons (Fsp3) is 0.778. The summed E-state index contributed by atoms with van der Waals surface area (Å²) in [5.74, 6) is -1.79. The summed E-state index contributed by atoms with van der Waals surface area (Å²) in [5, 5.41) is 20.1. The normalized spacial score (nSPS) is 17.9. The average Bonchev–Trinajstić information content (AvgIpc) is 2.21. The minimum Gasteiger partial charge on any atom is -0.617 e. The second-order valence-corrected chi connectivity index (χ2v) is 5.29. The lowest BCUT2D eigenvalue weighted by Gasteiger charge is -2.19. The van der Waals surface area contributed by atoms with Crippen LogP contribution in [-0.4, -0.2) is 56.8 Å². The van der Waals surface area contributed by atoms with Crippen LogP contribution >= 0.6 is 0 Å². The molecule has 0 spiro atoms. The third kappa shape index (κ3) is 6.47. The molecule has 1 amide bonds. The second-order valence-electron chi connectivity index (χ2n) is 3.73. The molecule has 0 aliphatic rings. The van der Waals surface area contributed by atoms with Gasteiger partial charge in [-0.05, 0) is 6.92 Å². The van der Waals surface area contributed by atoms with Gasteiger partial charge in [-0.2, -0.15) is 0 Å². The Labute approximate surface area is 103 Å². The van der Waals surface area contributed by atoms with Crippen LogP contribution in [0.4, 0.5) is 0 Å². The molecular weight excluding hydrogens is 248 g/mol. The van der Waals surface area contributed by atoms with E-state index in [1.54, 1.807) is 0 Å². The molecule has 0 aromatic heterocycles. The standard InChI is InChI=1S/C9H18N2O5S/c1-5(12)7(10)8(13)11-6(9(14)15)3-4-17(2)16/h5-7,12H,3-4,10H2,1-2H3,(H,11,13)(H,14,15). The van der Waals surface area contributed by atoms with Gasteiger partial charge in [0.25, 0.3) is 0 Å². The number of rotatable bonds is 7. The van der Waals surface area contributed by atoms with Gasteiger partial charge in [0, 0.05) is 6.42 Å². The van der Waals surface area contributed by atoms with Crippen LogP contribution in [0.25, 0.3) is 0 Å². The van der Waals surface area contributed by atoms with Crippen molar-refractivity contribution in [1.29, 1.82) is 0 Å². The highest BCUT2D eigenvalue weighted by Gasteiger charge is 2.26. The summed E-state index contributed by atoms with van der Waals surface area (Å²) in [6, 6.07) is -2.32. The van der Waals surface area contributed by atoms with Crippen LogP contribution in [-0.2, 0) is 20.8 Å². The Hall–Kier alpha value is -0.830. The molecule has 0 saturated heterocycles. The molecular formula is C9H18N2O5S. The molecule has 0 radical (unpaired) electrons. The van der Waals surface area contributed by atoms with E-state index < -0.39 is 41.2 Å². The van der Waals surface area contributed by atoms with Gasteiger partial charge in [0.2, 0.25) is 5.91 Å². The van der Waals surface area contributed by atoms with Crippen molar-refractivity contribution in [2.45, 2.75) is 31.5 Å². The van der Waals surface area contributed by atoms with Crippen molar-refractivity contribution in [1.82, 2.24) is 5.32 Å². The molecule has 8 heteroatoms. The van der Waals surface area contributed by atoms with Crippen molar-refractivity contribution < 1.29 is 24.4 Å². The molecule has 7 nitrogen and oxygen atoms in total. The van der Waals surface area contributed by atoms with Gasteiger partial charge in [-0.25, -0.2) is 4.79 Å². The maximum atomic E-state index is 11.4. The van der Waals surface area contributed by atoms with Gasteiger partial charge >= 0.3 is 5.97 Å². The summed E-state index contributed by atoms with van der Waals surface area (Å²) in [6.07, 6.45) is 0.434. The van der Waals surface area contributed by atoms with E-state index in [4.69, 9.17) is 15.9 Å². The van der Waals surface area contributed by atoms with Crippen molar-refractivity contribution >= 4 is 23.1 Å². The zero-order valence-corrected chi connectivity index (χ0v) is 10.6. The van der Waals surface area contributed by atoms with E-state index in [0.29, 0.717) is 0 Å². The Kier molecular flexibility index (Phi) is 7.12. The van der Waals surface area contributed by atoms with Gasteiger partial charge in [-0.1, -0.05) is 11.2 Å². The summed E-state index contributed by atoms with van der Waals surface area (Å²) < 4.78 is 10.8. The van der Waals surface area contributed by atoms with Crippen molar-refractivity contribution in [3.63, 3.8) is 0 Å². The molecule has 0 aliphatic carbocycles. The second kappa shape index (κ2) is 7.49. The molecule has 17 heavy (non-hydrogen) atoms. The average molecular weight is 266 g/mol. The molecule has 5 N–H and O–H groups in total. The summed E-state index contributed by atoms with van der Waals surface area (Å²) in [7, 11) is 0. The first-order chi connectivity index (χ1) is 7.75. The number of carbonyl (C=O) groups is 2. The molecule has 0 aliphatic heterocycles. The van der Waals surface area contributed by atoms with E-state index in [2.05, 4.69) is 5.32 Å². The van der Waals surface area contributed by atoms with E-state index >= 15 is 0 Å². The number of hydrogen-bond acceptors (Lipinski definition) is 5. The largest absolute Gasteiger partial charge is 0.617 e. The number of aliphatic carboxylic acids is 1. The number of hydrogen-bond donors (Lipinski definition) is 4. The van der Waals surface area contributed by atoms with E-state index in [1.807, 2.05) is 0 Å². The molecule has 0 bridgehead atoms. The monoisotopic (exact) mass is 266 g/mol. The Bertz CT molecular complexity index is 272. The molecule has 0 fully saturated rings. The number of carboxylic acids is 1. The van der Waals surface area contributed by atoms with E-state index in [1.165, 1.54) is 13.2 Å². The summed E-state index contributed by atoms with van der Waals surface area (Å²) in [4.78, 5) is 22.2. The Balaban J connectivity index is 4.35. The van der Waals surface area contributed by atoms with E-state index in [9.17, 15) is 14.1 Å². The van der Waals surface area contributed by atoms with Crippen LogP contribution in [0.3, 0.4) is 0 Å². The molecule has 0 saturated carbocycles. The van der Waals surface area contributed by atoms with Gasteiger partial charge in [-0.3, -0.25) is 4.79 Å². The van der Waals surface area contributed by atoms with Crippen LogP contribution in [0, 0.1) is 0 Å². The minimum atomic E-state index is -1.22. The topological polar surface area (TPSA) is 136 Å². The number of amides is 1.